The topological polar surface area (TPSA) is 93.1 Å². The molecule has 0 atom stereocenters. The number of rotatable bonds is 10. The number of allylic oxidation sites excluding steroid dienone is 5. The molecular formula is C29H26O6. The highest BCUT2D eigenvalue weighted by molar-refractivity contribution is 5.88. The highest BCUT2D eigenvalue weighted by atomic mass is 16.5. The summed E-state index contributed by atoms with van der Waals surface area (Å²) in [6.45, 7) is 3.91. The minimum atomic E-state index is -0.973. The van der Waals surface area contributed by atoms with Crippen LogP contribution in [-0.4, -0.2) is 22.2 Å². The van der Waals surface area contributed by atoms with Gasteiger partial charge in [-0.05, 0) is 91.2 Å². The number of benzene rings is 3. The largest absolute Gasteiger partial charge is 0.478 e. The Labute approximate surface area is 204 Å². The van der Waals surface area contributed by atoms with E-state index in [1.165, 1.54) is 24.3 Å². The van der Waals surface area contributed by atoms with Gasteiger partial charge in [-0.1, -0.05) is 37.3 Å². The summed E-state index contributed by atoms with van der Waals surface area (Å²) in [6, 6.07) is 20.1. The number of hydrogen-bond donors (Lipinski definition) is 2. The standard InChI is InChI=1S/C29H26O6/c1-3-21(5-4-20(2)34-25-16-10-23(11-17-25)28(30)31)6-7-22-8-14-26(15-9-22)35-27-18-12-24(13-19-27)29(32)33/h4-19H,3H2,1-2H3,(H,30,31)(H,32,33)/b7-6+,20-4+,21-5+. The summed E-state index contributed by atoms with van der Waals surface area (Å²) in [5.74, 6) is 0.538. The van der Waals surface area contributed by atoms with Crippen LogP contribution in [0.2, 0.25) is 0 Å². The lowest BCUT2D eigenvalue weighted by atomic mass is 10.1. The lowest BCUT2D eigenvalue weighted by molar-refractivity contribution is 0.0686. The van der Waals surface area contributed by atoms with Crippen LogP contribution in [0.4, 0.5) is 0 Å². The SMILES string of the molecule is CCC(/C=C/c1ccc(Oc2ccc(C(=O)O)cc2)cc1)=C\C=C(/C)Oc1ccc(C(=O)O)cc1. The molecule has 6 heteroatoms. The summed E-state index contributed by atoms with van der Waals surface area (Å²) in [7, 11) is 0. The molecule has 6 nitrogen and oxygen atoms in total. The molecule has 0 amide bonds. The molecule has 0 fully saturated rings. The zero-order chi connectivity index (χ0) is 25.2. The first-order valence-corrected chi connectivity index (χ1v) is 11.0. The van der Waals surface area contributed by atoms with Crippen molar-refractivity contribution in [3.8, 4) is 17.2 Å². The zero-order valence-corrected chi connectivity index (χ0v) is 19.5. The summed E-state index contributed by atoms with van der Waals surface area (Å²) in [5.41, 5.74) is 2.54. The predicted molar refractivity (Wildman–Crippen MR) is 135 cm³/mol. The van der Waals surface area contributed by atoms with E-state index >= 15 is 0 Å². The molecule has 0 saturated carbocycles. The number of ether oxygens (including phenoxy) is 2. The van der Waals surface area contributed by atoms with Gasteiger partial charge in [-0.15, -0.1) is 0 Å². The maximum absolute atomic E-state index is 10.9. The predicted octanol–water partition coefficient (Wildman–Crippen LogP) is 7.21. The van der Waals surface area contributed by atoms with E-state index in [2.05, 4.69) is 6.92 Å². The molecule has 0 aliphatic rings. The number of carboxylic acid groups (broad SMARTS) is 2. The van der Waals surface area contributed by atoms with Crippen LogP contribution >= 0.6 is 0 Å². The van der Waals surface area contributed by atoms with Gasteiger partial charge >= 0.3 is 11.9 Å². The van der Waals surface area contributed by atoms with Crippen molar-refractivity contribution in [2.24, 2.45) is 0 Å². The van der Waals surface area contributed by atoms with Gasteiger partial charge in [0.1, 0.15) is 23.0 Å². The van der Waals surface area contributed by atoms with Crippen LogP contribution < -0.4 is 9.47 Å². The monoisotopic (exact) mass is 470 g/mol. The molecule has 0 aromatic heterocycles. The third-order valence-electron chi connectivity index (χ3n) is 5.03. The summed E-state index contributed by atoms with van der Waals surface area (Å²) in [6.07, 6.45) is 8.74. The van der Waals surface area contributed by atoms with Crippen LogP contribution in [0.5, 0.6) is 17.2 Å². The van der Waals surface area contributed by atoms with Crippen molar-refractivity contribution in [2.45, 2.75) is 20.3 Å². The van der Waals surface area contributed by atoms with Gasteiger partial charge in [0.05, 0.1) is 11.1 Å². The molecule has 3 aromatic carbocycles. The molecule has 3 aromatic rings. The van der Waals surface area contributed by atoms with Gasteiger partial charge < -0.3 is 19.7 Å². The third kappa shape index (κ3) is 7.75. The smallest absolute Gasteiger partial charge is 0.335 e. The Morgan fingerprint density at radius 1 is 0.743 bits per heavy atom. The maximum atomic E-state index is 10.9. The van der Waals surface area contributed by atoms with Gasteiger partial charge in [0.25, 0.3) is 0 Å². The molecule has 0 radical (unpaired) electrons. The Morgan fingerprint density at radius 3 is 1.71 bits per heavy atom. The lowest BCUT2D eigenvalue weighted by Crippen LogP contribution is -1.96. The van der Waals surface area contributed by atoms with Gasteiger partial charge in [-0.2, -0.15) is 0 Å². The van der Waals surface area contributed by atoms with Gasteiger partial charge in [-0.25, -0.2) is 9.59 Å². The summed E-state index contributed by atoms with van der Waals surface area (Å²) in [5, 5.41) is 17.9. The minimum absolute atomic E-state index is 0.212. The van der Waals surface area contributed by atoms with Crippen LogP contribution in [0.1, 0.15) is 46.5 Å². The van der Waals surface area contributed by atoms with Crippen LogP contribution in [0.15, 0.2) is 102 Å². The number of aromatic carboxylic acids is 2. The second-order valence-corrected chi connectivity index (χ2v) is 7.64. The molecule has 0 aliphatic carbocycles. The Kier molecular flexibility index (Phi) is 8.62. The average molecular weight is 471 g/mol. The molecule has 0 aliphatic heterocycles. The molecule has 178 valence electrons. The maximum Gasteiger partial charge on any atom is 0.335 e. The van der Waals surface area contributed by atoms with Crippen LogP contribution in [0.3, 0.4) is 0 Å². The lowest BCUT2D eigenvalue weighted by Gasteiger charge is -2.06. The summed E-state index contributed by atoms with van der Waals surface area (Å²) in [4.78, 5) is 21.9. The Morgan fingerprint density at radius 2 is 1.23 bits per heavy atom. The van der Waals surface area contributed by atoms with Gasteiger partial charge in [-0.3, -0.25) is 0 Å². The van der Waals surface area contributed by atoms with Crippen molar-refractivity contribution in [3.63, 3.8) is 0 Å². The second kappa shape index (κ2) is 12.0. The van der Waals surface area contributed by atoms with E-state index in [9.17, 15) is 9.59 Å². The summed E-state index contributed by atoms with van der Waals surface area (Å²) >= 11 is 0. The Balaban J connectivity index is 1.59. The van der Waals surface area contributed by atoms with E-state index in [0.717, 1.165) is 17.6 Å². The van der Waals surface area contributed by atoms with Crippen LogP contribution in [-0.2, 0) is 0 Å². The number of hydrogen-bond acceptors (Lipinski definition) is 4. The summed E-state index contributed by atoms with van der Waals surface area (Å²) < 4.78 is 11.5. The first-order chi connectivity index (χ1) is 16.8. The zero-order valence-electron chi connectivity index (χ0n) is 19.5. The van der Waals surface area contributed by atoms with Gasteiger partial charge in [0.15, 0.2) is 0 Å². The quantitative estimate of drug-likeness (QED) is 0.240. The fourth-order valence-electron chi connectivity index (χ4n) is 3.05. The third-order valence-corrected chi connectivity index (χ3v) is 5.03. The van der Waals surface area contributed by atoms with Gasteiger partial charge in [0, 0.05) is 0 Å². The first kappa shape index (κ1) is 25.1. The minimum Gasteiger partial charge on any atom is -0.478 e. The highest BCUT2D eigenvalue weighted by Gasteiger charge is 2.04. The Bertz CT molecular complexity index is 1250. The van der Waals surface area contributed by atoms with Crippen molar-refractivity contribution in [1.29, 1.82) is 0 Å². The van der Waals surface area contributed by atoms with Crippen molar-refractivity contribution < 1.29 is 29.3 Å². The number of carbonyl (C=O) groups is 2. The molecule has 0 unspecified atom stereocenters. The molecular weight excluding hydrogens is 444 g/mol. The molecule has 0 saturated heterocycles. The normalized spacial score (nSPS) is 11.9. The molecule has 0 spiro atoms. The molecule has 0 bridgehead atoms. The van der Waals surface area contributed by atoms with E-state index in [0.29, 0.717) is 23.0 Å². The van der Waals surface area contributed by atoms with Crippen molar-refractivity contribution in [3.05, 3.63) is 119 Å². The van der Waals surface area contributed by atoms with E-state index in [-0.39, 0.29) is 11.1 Å². The van der Waals surface area contributed by atoms with Crippen LogP contribution in [0.25, 0.3) is 6.08 Å². The highest BCUT2D eigenvalue weighted by Crippen LogP contribution is 2.23. The van der Waals surface area contributed by atoms with E-state index in [1.54, 1.807) is 24.3 Å². The second-order valence-electron chi connectivity index (χ2n) is 7.64. The molecule has 3 rings (SSSR count). The van der Waals surface area contributed by atoms with Gasteiger partial charge in [0.2, 0.25) is 0 Å². The average Bonchev–Trinajstić information content (AvgIpc) is 2.85. The Hall–Kier alpha value is -4.58. The van der Waals surface area contributed by atoms with Crippen molar-refractivity contribution in [2.75, 3.05) is 0 Å². The van der Waals surface area contributed by atoms with Crippen LogP contribution in [0, 0.1) is 0 Å². The van der Waals surface area contributed by atoms with E-state index in [4.69, 9.17) is 19.7 Å². The molecule has 2 N–H and O–H groups in total. The van der Waals surface area contributed by atoms with Crippen molar-refractivity contribution in [1.82, 2.24) is 0 Å². The van der Waals surface area contributed by atoms with E-state index in [1.807, 2.05) is 55.5 Å². The number of carboxylic acids is 2. The fraction of sp³-hybridized carbons (Fsp3) is 0.103. The molecule has 0 heterocycles. The molecule has 35 heavy (non-hydrogen) atoms. The fourth-order valence-corrected chi connectivity index (χ4v) is 3.05. The first-order valence-electron chi connectivity index (χ1n) is 11.0. The van der Waals surface area contributed by atoms with E-state index < -0.39 is 11.9 Å². The van der Waals surface area contributed by atoms with Crippen molar-refractivity contribution >= 4 is 18.0 Å².